The normalized spacial score (nSPS) is 10.1. The second-order valence-corrected chi connectivity index (χ2v) is 2.91. The van der Waals surface area contributed by atoms with Crippen LogP contribution in [0.1, 0.15) is 16.1 Å². The van der Waals surface area contributed by atoms with E-state index in [0.717, 1.165) is 0 Å². The molecule has 1 N–H and O–H groups in total. The Morgan fingerprint density at radius 2 is 2.40 bits per heavy atom. The molecule has 2 aromatic rings. The molecule has 6 nitrogen and oxygen atoms in total. The van der Waals surface area contributed by atoms with Crippen molar-refractivity contribution < 1.29 is 9.90 Å². The van der Waals surface area contributed by atoms with Gasteiger partial charge in [-0.1, -0.05) is 6.07 Å². The highest BCUT2D eigenvalue weighted by Gasteiger charge is 2.10. The molecule has 0 aromatic carbocycles. The summed E-state index contributed by atoms with van der Waals surface area (Å²) < 4.78 is 1.55. The average molecular weight is 204 g/mol. The van der Waals surface area contributed by atoms with Crippen LogP contribution in [0.15, 0.2) is 31.0 Å². The molecule has 0 aliphatic heterocycles. The van der Waals surface area contributed by atoms with E-state index in [4.69, 9.17) is 5.11 Å². The molecule has 0 atom stereocenters. The summed E-state index contributed by atoms with van der Waals surface area (Å²) in [6.07, 6.45) is 4.38. The number of aromatic nitrogens is 4. The van der Waals surface area contributed by atoms with Crippen molar-refractivity contribution in [1.29, 1.82) is 0 Å². The molecule has 0 spiro atoms. The molecule has 2 heterocycles. The van der Waals surface area contributed by atoms with E-state index in [1.807, 2.05) is 0 Å². The zero-order chi connectivity index (χ0) is 10.7. The molecule has 0 saturated heterocycles. The lowest BCUT2D eigenvalue weighted by molar-refractivity contribution is 0.0689. The van der Waals surface area contributed by atoms with Gasteiger partial charge in [-0.3, -0.25) is 0 Å². The Kier molecular flexibility index (Phi) is 2.40. The van der Waals surface area contributed by atoms with Crippen molar-refractivity contribution in [1.82, 2.24) is 19.7 Å². The summed E-state index contributed by atoms with van der Waals surface area (Å²) in [5.74, 6) is -1.04. The Hall–Kier alpha value is -2.24. The van der Waals surface area contributed by atoms with Crippen molar-refractivity contribution in [3.05, 3.63) is 42.2 Å². The molecular formula is C9H8N4O2. The standard InChI is InChI=1S/C9H8N4O2/c14-9(15)8-7(2-1-3-11-8)4-13-6-10-5-12-13/h1-3,5-6H,4H2,(H,14,15). The maximum absolute atomic E-state index is 10.8. The Morgan fingerprint density at radius 3 is 3.07 bits per heavy atom. The number of carboxylic acids is 1. The third-order valence-corrected chi connectivity index (χ3v) is 1.89. The predicted octanol–water partition coefficient (Wildman–Crippen LogP) is 0.420. The van der Waals surface area contributed by atoms with Crippen LogP contribution in [0.3, 0.4) is 0 Å². The summed E-state index contributed by atoms with van der Waals surface area (Å²) in [4.78, 5) is 18.4. The van der Waals surface area contributed by atoms with Gasteiger partial charge in [-0.2, -0.15) is 5.10 Å². The summed E-state index contributed by atoms with van der Waals surface area (Å²) in [5.41, 5.74) is 0.656. The monoisotopic (exact) mass is 204 g/mol. The predicted molar refractivity (Wildman–Crippen MR) is 50.3 cm³/mol. The highest BCUT2D eigenvalue weighted by Crippen LogP contribution is 2.06. The summed E-state index contributed by atoms with van der Waals surface area (Å²) in [6.45, 7) is 0.357. The fourth-order valence-electron chi connectivity index (χ4n) is 1.25. The maximum atomic E-state index is 10.8. The molecule has 6 heteroatoms. The molecule has 0 unspecified atom stereocenters. The van der Waals surface area contributed by atoms with E-state index in [0.29, 0.717) is 12.1 Å². The Labute approximate surface area is 85.2 Å². The smallest absolute Gasteiger partial charge is 0.354 e. The lowest BCUT2D eigenvalue weighted by Crippen LogP contribution is -2.09. The van der Waals surface area contributed by atoms with Crippen molar-refractivity contribution in [2.75, 3.05) is 0 Å². The van der Waals surface area contributed by atoms with E-state index in [9.17, 15) is 4.79 Å². The average Bonchev–Trinajstić information content (AvgIpc) is 2.71. The van der Waals surface area contributed by atoms with Gasteiger partial charge in [0.05, 0.1) is 6.54 Å². The molecule has 0 aliphatic carbocycles. The number of hydrogen-bond acceptors (Lipinski definition) is 4. The summed E-state index contributed by atoms with van der Waals surface area (Å²) in [7, 11) is 0. The van der Waals surface area contributed by atoms with Crippen LogP contribution in [-0.2, 0) is 6.54 Å². The van der Waals surface area contributed by atoms with Crippen molar-refractivity contribution in [2.24, 2.45) is 0 Å². The summed E-state index contributed by atoms with van der Waals surface area (Å²) in [5, 5.41) is 12.8. The zero-order valence-electron chi connectivity index (χ0n) is 7.74. The molecule has 2 aromatic heterocycles. The van der Waals surface area contributed by atoms with E-state index in [1.165, 1.54) is 18.9 Å². The number of carboxylic acid groups (broad SMARTS) is 1. The molecule has 0 radical (unpaired) electrons. The lowest BCUT2D eigenvalue weighted by atomic mass is 10.2. The van der Waals surface area contributed by atoms with Gasteiger partial charge in [0.1, 0.15) is 12.7 Å². The second kappa shape index (κ2) is 3.87. The van der Waals surface area contributed by atoms with Gasteiger partial charge >= 0.3 is 5.97 Å². The molecule has 76 valence electrons. The number of aromatic carboxylic acids is 1. The molecule has 0 saturated carbocycles. The first kappa shape index (κ1) is 9.32. The van der Waals surface area contributed by atoms with Crippen LogP contribution in [0, 0.1) is 0 Å². The van der Waals surface area contributed by atoms with Crippen LogP contribution >= 0.6 is 0 Å². The molecule has 2 rings (SSSR count). The van der Waals surface area contributed by atoms with Crippen molar-refractivity contribution in [2.45, 2.75) is 6.54 Å². The highest BCUT2D eigenvalue weighted by molar-refractivity contribution is 5.86. The largest absolute Gasteiger partial charge is 0.477 e. The van der Waals surface area contributed by atoms with Gasteiger partial charge < -0.3 is 5.11 Å². The molecule has 0 amide bonds. The van der Waals surface area contributed by atoms with Crippen LogP contribution < -0.4 is 0 Å². The third-order valence-electron chi connectivity index (χ3n) is 1.89. The molecule has 0 aliphatic rings. The molecular weight excluding hydrogens is 196 g/mol. The van der Waals surface area contributed by atoms with Crippen LogP contribution in [0.4, 0.5) is 0 Å². The first-order chi connectivity index (χ1) is 7.27. The molecule has 0 fully saturated rings. The number of hydrogen-bond donors (Lipinski definition) is 1. The minimum absolute atomic E-state index is 0.0491. The SMILES string of the molecule is O=C(O)c1ncccc1Cn1cncn1. The Bertz CT molecular complexity index is 467. The van der Waals surface area contributed by atoms with Gasteiger partial charge in [0.25, 0.3) is 0 Å². The number of carbonyl (C=O) groups is 1. The first-order valence-corrected chi connectivity index (χ1v) is 4.27. The van der Waals surface area contributed by atoms with Crippen LogP contribution in [0.2, 0.25) is 0 Å². The van der Waals surface area contributed by atoms with E-state index >= 15 is 0 Å². The zero-order valence-corrected chi connectivity index (χ0v) is 7.74. The van der Waals surface area contributed by atoms with E-state index < -0.39 is 5.97 Å². The van der Waals surface area contributed by atoms with Gasteiger partial charge in [-0.15, -0.1) is 0 Å². The Balaban J connectivity index is 2.32. The first-order valence-electron chi connectivity index (χ1n) is 4.27. The van der Waals surface area contributed by atoms with E-state index in [-0.39, 0.29) is 5.69 Å². The summed E-state index contributed by atoms with van der Waals surface area (Å²) >= 11 is 0. The van der Waals surface area contributed by atoms with Crippen molar-refractivity contribution >= 4 is 5.97 Å². The minimum Gasteiger partial charge on any atom is -0.477 e. The van der Waals surface area contributed by atoms with E-state index in [2.05, 4.69) is 15.1 Å². The number of nitrogens with zero attached hydrogens (tertiary/aromatic N) is 4. The van der Waals surface area contributed by atoms with Crippen LogP contribution in [0.5, 0.6) is 0 Å². The molecule has 15 heavy (non-hydrogen) atoms. The second-order valence-electron chi connectivity index (χ2n) is 2.91. The van der Waals surface area contributed by atoms with Gasteiger partial charge in [-0.05, 0) is 6.07 Å². The van der Waals surface area contributed by atoms with Crippen molar-refractivity contribution in [3.8, 4) is 0 Å². The maximum Gasteiger partial charge on any atom is 0.354 e. The van der Waals surface area contributed by atoms with Gasteiger partial charge in [0.2, 0.25) is 0 Å². The van der Waals surface area contributed by atoms with Gasteiger partial charge in [0, 0.05) is 11.8 Å². The Morgan fingerprint density at radius 1 is 1.53 bits per heavy atom. The van der Waals surface area contributed by atoms with Crippen LogP contribution in [-0.4, -0.2) is 30.8 Å². The lowest BCUT2D eigenvalue weighted by Gasteiger charge is -2.03. The summed E-state index contributed by atoms with van der Waals surface area (Å²) in [6, 6.07) is 3.40. The molecule has 0 bridgehead atoms. The van der Waals surface area contributed by atoms with Gasteiger partial charge in [0.15, 0.2) is 5.69 Å². The minimum atomic E-state index is -1.04. The number of rotatable bonds is 3. The fourth-order valence-corrected chi connectivity index (χ4v) is 1.25. The quantitative estimate of drug-likeness (QED) is 0.783. The number of pyridine rings is 1. The third kappa shape index (κ3) is 1.98. The fraction of sp³-hybridized carbons (Fsp3) is 0.111. The van der Waals surface area contributed by atoms with Crippen molar-refractivity contribution in [3.63, 3.8) is 0 Å². The van der Waals surface area contributed by atoms with Gasteiger partial charge in [-0.25, -0.2) is 19.4 Å². The van der Waals surface area contributed by atoms with E-state index in [1.54, 1.807) is 16.8 Å². The topological polar surface area (TPSA) is 80.9 Å². The highest BCUT2D eigenvalue weighted by atomic mass is 16.4. The van der Waals surface area contributed by atoms with Crippen LogP contribution in [0.25, 0.3) is 0 Å².